The smallest absolute Gasteiger partial charge is 0.327 e. The molecule has 1 aromatic rings. The van der Waals surface area contributed by atoms with E-state index in [0.29, 0.717) is 0 Å². The number of rotatable bonds is 7. The predicted molar refractivity (Wildman–Crippen MR) is 88.2 cm³/mol. The first-order valence-corrected chi connectivity index (χ1v) is 7.95. The average Bonchev–Trinajstić information content (AvgIpc) is 2.81. The van der Waals surface area contributed by atoms with Crippen molar-refractivity contribution in [2.24, 2.45) is 0 Å². The van der Waals surface area contributed by atoms with E-state index in [1.807, 2.05) is 30.3 Å². The SMILES string of the molecule is CCOC(=O)CN(Cc1ccccc1)C(=O)CN1C(=O)CN(C)C1=O. The highest BCUT2D eigenvalue weighted by atomic mass is 16.5. The Morgan fingerprint density at radius 3 is 2.44 bits per heavy atom. The third kappa shape index (κ3) is 4.79. The molecule has 1 fully saturated rings. The molecule has 0 N–H and O–H groups in total. The van der Waals surface area contributed by atoms with Crippen molar-refractivity contribution in [1.82, 2.24) is 14.7 Å². The van der Waals surface area contributed by atoms with Crippen LogP contribution in [-0.2, 0) is 25.7 Å². The van der Waals surface area contributed by atoms with Gasteiger partial charge in [-0.15, -0.1) is 0 Å². The summed E-state index contributed by atoms with van der Waals surface area (Å²) in [6.45, 7) is 1.38. The molecule has 4 amide bonds. The molecule has 0 aliphatic carbocycles. The highest BCUT2D eigenvalue weighted by molar-refractivity contribution is 6.04. The topological polar surface area (TPSA) is 87.2 Å². The molecule has 0 aromatic heterocycles. The average molecular weight is 347 g/mol. The van der Waals surface area contributed by atoms with E-state index in [-0.39, 0.29) is 26.2 Å². The Bertz CT molecular complexity index is 662. The van der Waals surface area contributed by atoms with Crippen molar-refractivity contribution in [2.45, 2.75) is 13.5 Å². The molecule has 134 valence electrons. The number of benzene rings is 1. The van der Waals surface area contributed by atoms with Gasteiger partial charge in [0.2, 0.25) is 5.91 Å². The van der Waals surface area contributed by atoms with Crippen molar-refractivity contribution in [3.8, 4) is 0 Å². The van der Waals surface area contributed by atoms with E-state index >= 15 is 0 Å². The van der Waals surface area contributed by atoms with Crippen LogP contribution in [0.2, 0.25) is 0 Å². The number of nitrogens with zero attached hydrogens (tertiary/aromatic N) is 3. The zero-order valence-electron chi connectivity index (χ0n) is 14.3. The summed E-state index contributed by atoms with van der Waals surface area (Å²) in [4.78, 5) is 51.6. The maximum Gasteiger partial charge on any atom is 0.327 e. The maximum atomic E-state index is 12.6. The minimum absolute atomic E-state index is 0.0529. The number of hydrogen-bond donors (Lipinski definition) is 0. The van der Waals surface area contributed by atoms with E-state index in [1.165, 1.54) is 16.8 Å². The first-order chi connectivity index (χ1) is 11.9. The van der Waals surface area contributed by atoms with Crippen LogP contribution in [-0.4, -0.2) is 71.8 Å². The number of hydrogen-bond acceptors (Lipinski definition) is 5. The van der Waals surface area contributed by atoms with Gasteiger partial charge in [0.1, 0.15) is 19.6 Å². The standard InChI is InChI=1S/C17H21N3O5/c1-3-25-16(23)12-19(9-13-7-5-4-6-8-13)14(21)11-20-15(22)10-18(2)17(20)24/h4-8H,3,9-12H2,1-2H3. The Kier molecular flexibility index (Phi) is 6.10. The van der Waals surface area contributed by atoms with Gasteiger partial charge in [0.05, 0.1) is 6.61 Å². The van der Waals surface area contributed by atoms with Crippen molar-refractivity contribution < 1.29 is 23.9 Å². The highest BCUT2D eigenvalue weighted by Crippen LogP contribution is 2.10. The monoisotopic (exact) mass is 347 g/mol. The van der Waals surface area contributed by atoms with Gasteiger partial charge in [-0.1, -0.05) is 30.3 Å². The molecule has 8 nitrogen and oxygen atoms in total. The van der Waals surface area contributed by atoms with Crippen molar-refractivity contribution in [3.05, 3.63) is 35.9 Å². The van der Waals surface area contributed by atoms with Crippen LogP contribution >= 0.6 is 0 Å². The lowest BCUT2D eigenvalue weighted by atomic mass is 10.2. The molecule has 1 aliphatic heterocycles. The summed E-state index contributed by atoms with van der Waals surface area (Å²) in [5.74, 6) is -1.46. The van der Waals surface area contributed by atoms with Gasteiger partial charge >= 0.3 is 12.0 Å². The van der Waals surface area contributed by atoms with Crippen molar-refractivity contribution in [3.63, 3.8) is 0 Å². The first kappa shape index (κ1) is 18.4. The molecule has 25 heavy (non-hydrogen) atoms. The number of amides is 4. The second-order valence-electron chi connectivity index (χ2n) is 5.66. The van der Waals surface area contributed by atoms with Gasteiger partial charge in [-0.25, -0.2) is 4.79 Å². The van der Waals surface area contributed by atoms with Crippen molar-refractivity contribution >= 4 is 23.8 Å². The van der Waals surface area contributed by atoms with E-state index in [0.717, 1.165) is 10.5 Å². The van der Waals surface area contributed by atoms with Crippen molar-refractivity contribution in [2.75, 3.05) is 33.3 Å². The van der Waals surface area contributed by atoms with E-state index in [1.54, 1.807) is 6.92 Å². The van der Waals surface area contributed by atoms with Gasteiger partial charge in [-0.3, -0.25) is 19.3 Å². The lowest BCUT2D eigenvalue weighted by molar-refractivity contribution is -0.149. The molecule has 1 heterocycles. The molecular formula is C17H21N3O5. The fourth-order valence-electron chi connectivity index (χ4n) is 2.46. The molecule has 2 rings (SSSR count). The van der Waals surface area contributed by atoms with Gasteiger partial charge in [-0.2, -0.15) is 0 Å². The maximum absolute atomic E-state index is 12.6. The number of ether oxygens (including phenoxy) is 1. The van der Waals surface area contributed by atoms with E-state index in [2.05, 4.69) is 0 Å². The Balaban J connectivity index is 2.10. The second kappa shape index (κ2) is 8.27. The molecule has 0 radical (unpaired) electrons. The Morgan fingerprint density at radius 1 is 1.20 bits per heavy atom. The number of carbonyl (C=O) groups excluding carboxylic acids is 4. The van der Waals surface area contributed by atoms with Crippen LogP contribution in [0.25, 0.3) is 0 Å². The molecule has 1 aliphatic rings. The fraction of sp³-hybridized carbons (Fsp3) is 0.412. The molecule has 0 atom stereocenters. The van der Waals surface area contributed by atoms with Gasteiger partial charge < -0.3 is 14.5 Å². The minimum Gasteiger partial charge on any atom is -0.465 e. The molecule has 0 saturated carbocycles. The lowest BCUT2D eigenvalue weighted by Crippen LogP contribution is -2.44. The molecule has 0 unspecified atom stereocenters. The zero-order chi connectivity index (χ0) is 18.4. The van der Waals surface area contributed by atoms with E-state index < -0.39 is 30.4 Å². The number of carbonyl (C=O) groups is 4. The lowest BCUT2D eigenvalue weighted by Gasteiger charge is -2.24. The van der Waals surface area contributed by atoms with Crippen LogP contribution in [0.3, 0.4) is 0 Å². The summed E-state index contributed by atoms with van der Waals surface area (Å²) < 4.78 is 4.90. The van der Waals surface area contributed by atoms with Crippen LogP contribution in [0.4, 0.5) is 4.79 Å². The molecule has 8 heteroatoms. The summed E-state index contributed by atoms with van der Waals surface area (Å²) in [5.41, 5.74) is 0.830. The quantitative estimate of drug-likeness (QED) is 0.529. The van der Waals surface area contributed by atoms with Crippen LogP contribution in [0.1, 0.15) is 12.5 Å². The molecular weight excluding hydrogens is 326 g/mol. The van der Waals surface area contributed by atoms with Crippen LogP contribution in [0, 0.1) is 0 Å². The summed E-state index contributed by atoms with van der Waals surface area (Å²) in [6, 6.07) is 8.62. The Morgan fingerprint density at radius 2 is 1.88 bits per heavy atom. The summed E-state index contributed by atoms with van der Waals surface area (Å²) >= 11 is 0. The number of likely N-dealkylation sites (N-methyl/N-ethyl adjacent to an activating group) is 1. The largest absolute Gasteiger partial charge is 0.465 e. The fourth-order valence-corrected chi connectivity index (χ4v) is 2.46. The van der Waals surface area contributed by atoms with Crippen LogP contribution < -0.4 is 0 Å². The van der Waals surface area contributed by atoms with Crippen molar-refractivity contribution in [1.29, 1.82) is 0 Å². The zero-order valence-corrected chi connectivity index (χ0v) is 14.3. The minimum atomic E-state index is -0.539. The summed E-state index contributed by atoms with van der Waals surface area (Å²) in [5, 5.41) is 0. The molecule has 1 saturated heterocycles. The predicted octanol–water partition coefficient (Wildman–Crippen LogP) is 0.472. The second-order valence-corrected chi connectivity index (χ2v) is 5.66. The molecule has 0 bridgehead atoms. The van der Waals surface area contributed by atoms with Crippen LogP contribution in [0.15, 0.2) is 30.3 Å². The summed E-state index contributed by atoms with van der Waals surface area (Å²) in [7, 11) is 1.49. The molecule has 0 spiro atoms. The molecule has 1 aromatic carbocycles. The van der Waals surface area contributed by atoms with Gasteiger partial charge in [-0.05, 0) is 12.5 Å². The number of esters is 1. The normalized spacial score (nSPS) is 14.0. The van der Waals surface area contributed by atoms with Gasteiger partial charge in [0.25, 0.3) is 5.91 Å². The Hall–Kier alpha value is -2.90. The Labute approximate surface area is 145 Å². The number of urea groups is 1. The third-order valence-corrected chi connectivity index (χ3v) is 3.72. The van der Waals surface area contributed by atoms with Crippen LogP contribution in [0.5, 0.6) is 0 Å². The third-order valence-electron chi connectivity index (χ3n) is 3.72. The van der Waals surface area contributed by atoms with E-state index in [9.17, 15) is 19.2 Å². The summed E-state index contributed by atoms with van der Waals surface area (Å²) in [6.07, 6.45) is 0. The number of imide groups is 1. The highest BCUT2D eigenvalue weighted by Gasteiger charge is 2.36. The van der Waals surface area contributed by atoms with Gasteiger partial charge in [0, 0.05) is 13.6 Å². The van der Waals surface area contributed by atoms with Gasteiger partial charge in [0.15, 0.2) is 0 Å². The first-order valence-electron chi connectivity index (χ1n) is 7.95. The van der Waals surface area contributed by atoms with E-state index in [4.69, 9.17) is 4.74 Å².